The molecule has 0 aromatic heterocycles. The number of aryl methyl sites for hydroxylation is 2. The van der Waals surface area contributed by atoms with Crippen molar-refractivity contribution in [1.29, 1.82) is 0 Å². The van der Waals surface area contributed by atoms with E-state index in [0.29, 0.717) is 0 Å². The first-order valence-electron chi connectivity index (χ1n) is 6.07. The van der Waals surface area contributed by atoms with Gasteiger partial charge in [-0.05, 0) is 54.2 Å². The summed E-state index contributed by atoms with van der Waals surface area (Å²) in [5, 5.41) is 1.31. The molecule has 1 atom stereocenters. The standard InChI is InChI=1S/C16H19P/c1-12-13(2)16(17)11-10-15(12)9-8-14-6-4-3-5-7-14/h3-7,10-11H,8-9,17H2,1-2H3. The van der Waals surface area contributed by atoms with Crippen molar-refractivity contribution in [3.63, 3.8) is 0 Å². The van der Waals surface area contributed by atoms with Crippen LogP contribution < -0.4 is 5.30 Å². The maximum Gasteiger partial charge on any atom is -0.0236 e. The summed E-state index contributed by atoms with van der Waals surface area (Å²) in [7, 11) is 2.80. The number of benzene rings is 2. The van der Waals surface area contributed by atoms with Crippen molar-refractivity contribution in [3.05, 3.63) is 64.7 Å². The molecule has 0 saturated heterocycles. The lowest BCUT2D eigenvalue weighted by atomic mass is 9.97. The first-order chi connectivity index (χ1) is 8.18. The van der Waals surface area contributed by atoms with Gasteiger partial charge in [0.25, 0.3) is 0 Å². The van der Waals surface area contributed by atoms with Gasteiger partial charge < -0.3 is 0 Å². The predicted octanol–water partition coefficient (Wildman–Crippen LogP) is 3.59. The van der Waals surface area contributed by atoms with Crippen LogP contribution in [0.4, 0.5) is 0 Å². The Labute approximate surface area is 106 Å². The molecule has 0 fully saturated rings. The van der Waals surface area contributed by atoms with E-state index in [-0.39, 0.29) is 0 Å². The second-order valence-corrected chi connectivity index (χ2v) is 5.17. The molecule has 0 amide bonds. The molecule has 2 aromatic carbocycles. The minimum atomic E-state index is 1.12. The smallest absolute Gasteiger partial charge is 0.0236 e. The number of hydrogen-bond acceptors (Lipinski definition) is 0. The quantitative estimate of drug-likeness (QED) is 0.721. The van der Waals surface area contributed by atoms with Crippen molar-refractivity contribution >= 4 is 14.5 Å². The Morgan fingerprint density at radius 2 is 1.53 bits per heavy atom. The van der Waals surface area contributed by atoms with Crippen molar-refractivity contribution in [2.75, 3.05) is 0 Å². The Kier molecular flexibility index (Phi) is 3.97. The Hall–Kier alpha value is -1.13. The molecule has 2 rings (SSSR count). The molecule has 0 heterocycles. The van der Waals surface area contributed by atoms with Gasteiger partial charge in [-0.1, -0.05) is 42.5 Å². The van der Waals surface area contributed by atoms with Gasteiger partial charge in [0.1, 0.15) is 0 Å². The molecular weight excluding hydrogens is 223 g/mol. The normalized spacial score (nSPS) is 10.5. The van der Waals surface area contributed by atoms with Crippen LogP contribution in [-0.2, 0) is 12.8 Å². The van der Waals surface area contributed by atoms with E-state index in [1.165, 1.54) is 27.6 Å². The molecule has 0 nitrogen and oxygen atoms in total. The summed E-state index contributed by atoms with van der Waals surface area (Å²) in [5.74, 6) is 0. The van der Waals surface area contributed by atoms with Crippen molar-refractivity contribution in [1.82, 2.24) is 0 Å². The fraction of sp³-hybridized carbons (Fsp3) is 0.250. The van der Waals surface area contributed by atoms with E-state index in [1.807, 2.05) is 0 Å². The molecule has 17 heavy (non-hydrogen) atoms. The van der Waals surface area contributed by atoms with Crippen molar-refractivity contribution < 1.29 is 0 Å². The fourth-order valence-corrected chi connectivity index (χ4v) is 2.40. The van der Waals surface area contributed by atoms with E-state index in [4.69, 9.17) is 0 Å². The Balaban J connectivity index is 2.13. The molecular formula is C16H19P. The van der Waals surface area contributed by atoms with E-state index >= 15 is 0 Å². The summed E-state index contributed by atoms with van der Waals surface area (Å²) >= 11 is 0. The maximum atomic E-state index is 2.80. The van der Waals surface area contributed by atoms with E-state index in [1.54, 1.807) is 0 Å². The van der Waals surface area contributed by atoms with E-state index in [2.05, 4.69) is 65.6 Å². The van der Waals surface area contributed by atoms with Gasteiger partial charge in [-0.3, -0.25) is 0 Å². The molecule has 0 saturated carbocycles. The first-order valence-corrected chi connectivity index (χ1v) is 6.64. The van der Waals surface area contributed by atoms with Crippen LogP contribution in [0.15, 0.2) is 42.5 Å². The average molecular weight is 242 g/mol. The van der Waals surface area contributed by atoms with Gasteiger partial charge in [0.2, 0.25) is 0 Å². The molecule has 0 aliphatic carbocycles. The van der Waals surface area contributed by atoms with Gasteiger partial charge in [0.15, 0.2) is 0 Å². The monoisotopic (exact) mass is 242 g/mol. The molecule has 1 heteroatoms. The van der Waals surface area contributed by atoms with Crippen molar-refractivity contribution in [3.8, 4) is 0 Å². The molecule has 1 unspecified atom stereocenters. The summed E-state index contributed by atoms with van der Waals surface area (Å²) in [5.41, 5.74) is 5.73. The Morgan fingerprint density at radius 3 is 2.24 bits per heavy atom. The van der Waals surface area contributed by atoms with Crippen LogP contribution in [-0.4, -0.2) is 0 Å². The van der Waals surface area contributed by atoms with Gasteiger partial charge in [-0.2, -0.15) is 0 Å². The van der Waals surface area contributed by atoms with Gasteiger partial charge in [0, 0.05) is 0 Å². The van der Waals surface area contributed by atoms with E-state index < -0.39 is 0 Å². The molecule has 88 valence electrons. The molecule has 0 aliphatic rings. The highest BCUT2D eigenvalue weighted by molar-refractivity contribution is 7.27. The molecule has 2 aromatic rings. The third-order valence-corrected chi connectivity index (χ3v) is 4.09. The minimum absolute atomic E-state index is 1.12. The van der Waals surface area contributed by atoms with Crippen LogP contribution in [0, 0.1) is 13.8 Å². The lowest BCUT2D eigenvalue weighted by Crippen LogP contribution is -2.04. The van der Waals surface area contributed by atoms with Gasteiger partial charge in [-0.25, -0.2) is 0 Å². The SMILES string of the molecule is Cc1c(P)ccc(CCc2ccccc2)c1C. The zero-order valence-corrected chi connectivity index (χ0v) is 11.7. The molecule has 0 radical (unpaired) electrons. The van der Waals surface area contributed by atoms with Crippen LogP contribution in [0.5, 0.6) is 0 Å². The van der Waals surface area contributed by atoms with Crippen molar-refractivity contribution in [2.45, 2.75) is 26.7 Å². The summed E-state index contributed by atoms with van der Waals surface area (Å²) in [6, 6.07) is 15.2. The van der Waals surface area contributed by atoms with Crippen LogP contribution in [0.1, 0.15) is 22.3 Å². The number of rotatable bonds is 3. The van der Waals surface area contributed by atoms with Crippen LogP contribution >= 0.6 is 9.24 Å². The predicted molar refractivity (Wildman–Crippen MR) is 79.1 cm³/mol. The van der Waals surface area contributed by atoms with Crippen molar-refractivity contribution in [2.24, 2.45) is 0 Å². The van der Waals surface area contributed by atoms with Crippen LogP contribution in [0.25, 0.3) is 0 Å². The molecule has 0 bridgehead atoms. The van der Waals surface area contributed by atoms with E-state index in [0.717, 1.165) is 12.8 Å². The zero-order valence-electron chi connectivity index (χ0n) is 10.5. The largest absolute Gasteiger partial charge is 0.105 e. The summed E-state index contributed by atoms with van der Waals surface area (Å²) in [4.78, 5) is 0. The van der Waals surface area contributed by atoms with Crippen LogP contribution in [0.3, 0.4) is 0 Å². The Bertz CT molecular complexity index is 500. The van der Waals surface area contributed by atoms with Gasteiger partial charge >= 0.3 is 0 Å². The van der Waals surface area contributed by atoms with Gasteiger partial charge in [-0.15, -0.1) is 9.24 Å². The summed E-state index contributed by atoms with van der Waals surface area (Å²) < 4.78 is 0. The fourth-order valence-electron chi connectivity index (χ4n) is 2.09. The van der Waals surface area contributed by atoms with E-state index in [9.17, 15) is 0 Å². The van der Waals surface area contributed by atoms with Crippen LogP contribution in [0.2, 0.25) is 0 Å². The lowest BCUT2D eigenvalue weighted by molar-refractivity contribution is 0.947. The highest BCUT2D eigenvalue weighted by Crippen LogP contribution is 2.15. The highest BCUT2D eigenvalue weighted by Gasteiger charge is 2.03. The topological polar surface area (TPSA) is 0 Å². The molecule has 0 aliphatic heterocycles. The first kappa shape index (κ1) is 12.3. The third kappa shape index (κ3) is 2.96. The second kappa shape index (κ2) is 5.47. The average Bonchev–Trinajstić information content (AvgIpc) is 2.36. The minimum Gasteiger partial charge on any atom is -0.105 e. The second-order valence-electron chi connectivity index (χ2n) is 4.55. The highest BCUT2D eigenvalue weighted by atomic mass is 31.0. The summed E-state index contributed by atoms with van der Waals surface area (Å²) in [6.07, 6.45) is 2.25. The number of hydrogen-bond donors (Lipinski definition) is 0. The zero-order chi connectivity index (χ0) is 12.3. The third-order valence-electron chi connectivity index (χ3n) is 3.47. The maximum absolute atomic E-state index is 2.80. The van der Waals surface area contributed by atoms with Gasteiger partial charge in [0.05, 0.1) is 0 Å². The Morgan fingerprint density at radius 1 is 0.824 bits per heavy atom. The molecule has 0 spiro atoms. The summed E-state index contributed by atoms with van der Waals surface area (Å²) in [6.45, 7) is 4.42. The lowest BCUT2D eigenvalue weighted by Gasteiger charge is -2.11. The molecule has 0 N–H and O–H groups in total.